The average Bonchev–Trinajstić information content (AvgIpc) is 2.65. The molecule has 18 heavy (non-hydrogen) atoms. The number of thiophene rings is 1. The van der Waals surface area contributed by atoms with E-state index >= 15 is 0 Å². The van der Waals surface area contributed by atoms with E-state index in [1.165, 1.54) is 13.3 Å². The summed E-state index contributed by atoms with van der Waals surface area (Å²) in [7, 11) is 0. The molecule has 2 N–H and O–H groups in total. The minimum absolute atomic E-state index is 0.102. The normalized spacial score (nSPS) is 20.8. The molecule has 0 amide bonds. The predicted molar refractivity (Wildman–Crippen MR) is 82.1 cm³/mol. The van der Waals surface area contributed by atoms with E-state index in [2.05, 4.69) is 34.0 Å². The highest BCUT2D eigenvalue weighted by Crippen LogP contribution is 2.36. The van der Waals surface area contributed by atoms with Crippen LogP contribution < -0.4 is 5.32 Å². The number of hydrogen-bond acceptors (Lipinski definition) is 3. The molecule has 1 aromatic heterocycles. The lowest BCUT2D eigenvalue weighted by Crippen LogP contribution is -2.43. The first kappa shape index (κ1) is 14.3. The topological polar surface area (TPSA) is 49.3 Å². The fourth-order valence-corrected chi connectivity index (χ4v) is 4.58. The highest BCUT2D eigenvalue weighted by atomic mass is 127. The molecule has 0 saturated carbocycles. The minimum Gasteiger partial charge on any atom is -0.480 e. The van der Waals surface area contributed by atoms with Crippen LogP contribution in [0.3, 0.4) is 0 Å². The molecule has 0 saturated heterocycles. The van der Waals surface area contributed by atoms with Crippen LogP contribution in [0.25, 0.3) is 0 Å². The van der Waals surface area contributed by atoms with E-state index in [-0.39, 0.29) is 12.0 Å². The van der Waals surface area contributed by atoms with Crippen molar-refractivity contribution < 1.29 is 9.90 Å². The maximum absolute atomic E-state index is 11.3. The van der Waals surface area contributed by atoms with Crippen molar-refractivity contribution in [2.24, 2.45) is 5.92 Å². The summed E-state index contributed by atoms with van der Waals surface area (Å²) in [6, 6.07) is 1.95. The number of aliphatic carboxylic acids is 1. The molecule has 2 unspecified atom stereocenters. The summed E-state index contributed by atoms with van der Waals surface area (Å²) in [6.07, 6.45) is 3.32. The van der Waals surface area contributed by atoms with Crippen LogP contribution >= 0.6 is 33.9 Å². The lowest BCUT2D eigenvalue weighted by atomic mass is 9.92. The van der Waals surface area contributed by atoms with Gasteiger partial charge in [0.05, 0.1) is 2.88 Å². The molecule has 0 radical (unpaired) electrons. The first-order chi connectivity index (χ1) is 8.49. The Hall–Kier alpha value is -0.140. The summed E-state index contributed by atoms with van der Waals surface area (Å²) in [6.45, 7) is 3.90. The van der Waals surface area contributed by atoms with E-state index in [1.54, 1.807) is 0 Å². The fraction of sp³-hybridized carbons (Fsp3) is 0.615. The molecule has 0 bridgehead atoms. The lowest BCUT2D eigenvalue weighted by Gasteiger charge is -2.28. The fourth-order valence-electron chi connectivity index (χ4n) is 2.46. The van der Waals surface area contributed by atoms with Crippen LogP contribution in [0.4, 0.5) is 0 Å². The number of rotatable bonds is 4. The first-order valence-corrected chi connectivity index (χ1v) is 8.15. The van der Waals surface area contributed by atoms with Gasteiger partial charge in [0.25, 0.3) is 0 Å². The van der Waals surface area contributed by atoms with E-state index in [1.807, 2.05) is 25.2 Å². The van der Waals surface area contributed by atoms with Crippen molar-refractivity contribution in [3.8, 4) is 0 Å². The van der Waals surface area contributed by atoms with E-state index < -0.39 is 12.0 Å². The van der Waals surface area contributed by atoms with Crippen LogP contribution in [0.2, 0.25) is 0 Å². The third-order valence-corrected chi connectivity index (χ3v) is 5.37. The van der Waals surface area contributed by atoms with Crippen molar-refractivity contribution in [3.63, 3.8) is 0 Å². The molecule has 100 valence electrons. The average molecular weight is 379 g/mol. The SMILES string of the molecule is CC(C)C(NC1CCCc2sc(I)cc21)C(=O)O. The van der Waals surface area contributed by atoms with Gasteiger partial charge in [0.2, 0.25) is 0 Å². The lowest BCUT2D eigenvalue weighted by molar-refractivity contribution is -0.141. The molecule has 1 aliphatic carbocycles. The van der Waals surface area contributed by atoms with Gasteiger partial charge < -0.3 is 5.11 Å². The molecular formula is C13H18INO2S. The van der Waals surface area contributed by atoms with E-state index in [9.17, 15) is 9.90 Å². The molecule has 3 nitrogen and oxygen atoms in total. The Balaban J connectivity index is 2.17. The summed E-state index contributed by atoms with van der Waals surface area (Å²) in [4.78, 5) is 12.7. The Morgan fingerprint density at radius 1 is 1.61 bits per heavy atom. The number of carbonyl (C=O) groups is 1. The Bertz CT molecular complexity index is 444. The summed E-state index contributed by atoms with van der Waals surface area (Å²) in [5.41, 5.74) is 1.32. The van der Waals surface area contributed by atoms with E-state index in [0.29, 0.717) is 0 Å². The molecular weight excluding hydrogens is 361 g/mol. The van der Waals surface area contributed by atoms with Gasteiger partial charge in [0.15, 0.2) is 0 Å². The van der Waals surface area contributed by atoms with Gasteiger partial charge in [0, 0.05) is 10.9 Å². The number of nitrogens with one attached hydrogen (secondary N) is 1. The molecule has 1 aromatic rings. The molecule has 0 spiro atoms. The Morgan fingerprint density at radius 2 is 2.33 bits per heavy atom. The first-order valence-electron chi connectivity index (χ1n) is 6.26. The second-order valence-corrected chi connectivity index (χ2v) is 8.13. The summed E-state index contributed by atoms with van der Waals surface area (Å²) in [5, 5.41) is 12.6. The van der Waals surface area contributed by atoms with Gasteiger partial charge >= 0.3 is 5.97 Å². The van der Waals surface area contributed by atoms with Crippen molar-refractivity contribution in [1.29, 1.82) is 0 Å². The van der Waals surface area contributed by atoms with Gasteiger partial charge in [-0.25, -0.2) is 0 Å². The zero-order valence-electron chi connectivity index (χ0n) is 10.6. The van der Waals surface area contributed by atoms with Crippen molar-refractivity contribution in [2.45, 2.75) is 45.2 Å². The number of carboxylic acids is 1. The van der Waals surface area contributed by atoms with Crippen LogP contribution in [0.5, 0.6) is 0 Å². The van der Waals surface area contributed by atoms with Gasteiger partial charge in [-0.3, -0.25) is 10.1 Å². The van der Waals surface area contributed by atoms with Gasteiger partial charge in [-0.15, -0.1) is 11.3 Å². The standard InChI is InChI=1S/C13H18INO2S/c1-7(2)12(13(16)17)15-9-4-3-5-10-8(9)6-11(14)18-10/h6-7,9,12,15H,3-5H2,1-2H3,(H,16,17). The molecule has 0 aliphatic heterocycles. The number of fused-ring (bicyclic) bond motifs is 1. The highest BCUT2D eigenvalue weighted by molar-refractivity contribution is 14.1. The highest BCUT2D eigenvalue weighted by Gasteiger charge is 2.29. The number of hydrogen-bond donors (Lipinski definition) is 2. The number of halogens is 1. The molecule has 1 heterocycles. The maximum atomic E-state index is 11.3. The smallest absolute Gasteiger partial charge is 0.320 e. The third kappa shape index (κ3) is 3.05. The molecule has 2 rings (SSSR count). The van der Waals surface area contributed by atoms with Crippen LogP contribution in [0, 0.1) is 8.80 Å². The molecule has 5 heteroatoms. The van der Waals surface area contributed by atoms with Crippen molar-refractivity contribution >= 4 is 39.9 Å². The number of carboxylic acid groups (broad SMARTS) is 1. The maximum Gasteiger partial charge on any atom is 0.320 e. The van der Waals surface area contributed by atoms with E-state index in [0.717, 1.165) is 19.3 Å². The Labute approximate surface area is 125 Å². The van der Waals surface area contributed by atoms with Crippen molar-refractivity contribution in [2.75, 3.05) is 0 Å². The zero-order chi connectivity index (χ0) is 13.3. The quantitative estimate of drug-likeness (QED) is 0.789. The van der Waals surface area contributed by atoms with Crippen LogP contribution in [0.1, 0.15) is 43.2 Å². The Kier molecular flexibility index (Phi) is 4.66. The predicted octanol–water partition coefficient (Wildman–Crippen LogP) is 3.43. The molecule has 0 fully saturated rings. The summed E-state index contributed by atoms with van der Waals surface area (Å²) >= 11 is 4.18. The summed E-state index contributed by atoms with van der Waals surface area (Å²) in [5.74, 6) is -0.646. The van der Waals surface area contributed by atoms with Gasteiger partial charge in [0.1, 0.15) is 6.04 Å². The monoisotopic (exact) mass is 379 g/mol. The van der Waals surface area contributed by atoms with Gasteiger partial charge in [-0.1, -0.05) is 13.8 Å². The van der Waals surface area contributed by atoms with Crippen LogP contribution in [-0.4, -0.2) is 17.1 Å². The minimum atomic E-state index is -0.748. The largest absolute Gasteiger partial charge is 0.480 e. The van der Waals surface area contributed by atoms with Crippen molar-refractivity contribution in [1.82, 2.24) is 5.32 Å². The second kappa shape index (κ2) is 5.88. The molecule has 1 aliphatic rings. The van der Waals surface area contributed by atoms with Gasteiger partial charge in [-0.2, -0.15) is 0 Å². The Morgan fingerprint density at radius 3 is 2.94 bits per heavy atom. The van der Waals surface area contributed by atoms with Crippen LogP contribution in [-0.2, 0) is 11.2 Å². The second-order valence-electron chi connectivity index (χ2n) is 5.10. The van der Waals surface area contributed by atoms with Crippen molar-refractivity contribution in [3.05, 3.63) is 19.4 Å². The third-order valence-electron chi connectivity index (χ3n) is 3.40. The zero-order valence-corrected chi connectivity index (χ0v) is 13.5. The molecule has 2 atom stereocenters. The molecule has 0 aromatic carbocycles. The van der Waals surface area contributed by atoms with Gasteiger partial charge in [-0.05, 0) is 59.4 Å². The summed E-state index contributed by atoms with van der Waals surface area (Å²) < 4.78 is 1.29. The van der Waals surface area contributed by atoms with E-state index in [4.69, 9.17) is 0 Å². The van der Waals surface area contributed by atoms with Crippen LogP contribution in [0.15, 0.2) is 6.07 Å². The number of aryl methyl sites for hydroxylation is 1.